The van der Waals surface area contributed by atoms with Crippen LogP contribution in [0.3, 0.4) is 0 Å². The zero-order chi connectivity index (χ0) is 13.8. The largest absolute Gasteiger partial charge is 0.395 e. The number of halogens is 1. The van der Waals surface area contributed by atoms with Crippen LogP contribution in [0.4, 0.5) is 4.39 Å². The summed E-state index contributed by atoms with van der Waals surface area (Å²) < 4.78 is 38.9. The average Bonchev–Trinajstić information content (AvgIpc) is 2.28. The molecule has 1 aromatic rings. The fourth-order valence-corrected chi connectivity index (χ4v) is 3.48. The second kappa shape index (κ2) is 6.26. The van der Waals surface area contributed by atoms with Crippen molar-refractivity contribution in [3.63, 3.8) is 0 Å². The fraction of sp³-hybridized carbons (Fsp3) is 0.500. The highest BCUT2D eigenvalue weighted by atomic mass is 32.2. The van der Waals surface area contributed by atoms with Crippen LogP contribution in [-0.2, 0) is 10.0 Å². The molecule has 0 unspecified atom stereocenters. The number of nitrogens with zero attached hydrogens (tertiary/aromatic N) is 1. The lowest BCUT2D eigenvalue weighted by molar-refractivity contribution is 0.253. The molecule has 1 aromatic carbocycles. The summed E-state index contributed by atoms with van der Waals surface area (Å²) in [6.07, 6.45) is 0.652. The number of aryl methyl sites for hydroxylation is 1. The molecule has 18 heavy (non-hydrogen) atoms. The number of aliphatic hydroxyl groups is 1. The van der Waals surface area contributed by atoms with Crippen molar-refractivity contribution in [1.29, 1.82) is 0 Å². The predicted octanol–water partition coefficient (Wildman–Crippen LogP) is 1.53. The quantitative estimate of drug-likeness (QED) is 0.856. The third kappa shape index (κ3) is 3.28. The zero-order valence-electron chi connectivity index (χ0n) is 10.6. The maximum Gasteiger partial charge on any atom is 0.243 e. The van der Waals surface area contributed by atoms with Crippen molar-refractivity contribution < 1.29 is 17.9 Å². The van der Waals surface area contributed by atoms with E-state index in [0.29, 0.717) is 18.5 Å². The molecule has 0 saturated carbocycles. The summed E-state index contributed by atoms with van der Waals surface area (Å²) in [5.74, 6) is -0.462. The van der Waals surface area contributed by atoms with Gasteiger partial charge in [0.25, 0.3) is 0 Å². The van der Waals surface area contributed by atoms with Crippen LogP contribution in [0.15, 0.2) is 23.1 Å². The Morgan fingerprint density at radius 3 is 2.50 bits per heavy atom. The normalized spacial score (nSPS) is 12.1. The first kappa shape index (κ1) is 15.1. The molecule has 102 valence electrons. The number of sulfonamides is 1. The zero-order valence-corrected chi connectivity index (χ0v) is 11.4. The van der Waals surface area contributed by atoms with Crippen molar-refractivity contribution in [3.05, 3.63) is 29.6 Å². The number of hydrogen-bond acceptors (Lipinski definition) is 3. The van der Waals surface area contributed by atoms with E-state index in [9.17, 15) is 12.8 Å². The minimum Gasteiger partial charge on any atom is -0.395 e. The van der Waals surface area contributed by atoms with Gasteiger partial charge in [-0.1, -0.05) is 6.92 Å². The summed E-state index contributed by atoms with van der Waals surface area (Å²) in [4.78, 5) is 0.0887. The first-order chi connectivity index (χ1) is 8.43. The van der Waals surface area contributed by atoms with E-state index in [1.807, 2.05) is 6.92 Å². The molecular formula is C12H18FNO3S. The summed E-state index contributed by atoms with van der Waals surface area (Å²) in [5.41, 5.74) is 0.369. The smallest absolute Gasteiger partial charge is 0.243 e. The first-order valence-electron chi connectivity index (χ1n) is 5.80. The molecule has 0 atom stereocenters. The van der Waals surface area contributed by atoms with E-state index < -0.39 is 15.8 Å². The standard InChI is InChI=1S/C12H18FNO3S/c1-3-6-14(7-8-15)18(16,17)12-5-4-11(13)9-10(12)2/h4-5,9,15H,3,6-8H2,1-2H3. The van der Waals surface area contributed by atoms with E-state index >= 15 is 0 Å². The Balaban J connectivity index is 3.17. The van der Waals surface area contributed by atoms with Gasteiger partial charge in [-0.3, -0.25) is 0 Å². The van der Waals surface area contributed by atoms with E-state index in [1.54, 1.807) is 6.92 Å². The van der Waals surface area contributed by atoms with Crippen LogP contribution in [0.5, 0.6) is 0 Å². The summed E-state index contributed by atoms with van der Waals surface area (Å²) in [7, 11) is -3.67. The molecule has 4 nitrogen and oxygen atoms in total. The molecule has 0 aliphatic rings. The van der Waals surface area contributed by atoms with Crippen LogP contribution in [0.25, 0.3) is 0 Å². The van der Waals surface area contributed by atoms with Gasteiger partial charge in [-0.25, -0.2) is 12.8 Å². The lowest BCUT2D eigenvalue weighted by Crippen LogP contribution is -2.34. The molecule has 0 saturated heterocycles. The second-order valence-corrected chi connectivity index (χ2v) is 5.94. The van der Waals surface area contributed by atoms with Crippen LogP contribution in [0.2, 0.25) is 0 Å². The molecular weight excluding hydrogens is 257 g/mol. The number of rotatable bonds is 6. The molecule has 0 aromatic heterocycles. The molecule has 0 aliphatic carbocycles. The average molecular weight is 275 g/mol. The van der Waals surface area contributed by atoms with Gasteiger partial charge in [-0.2, -0.15) is 4.31 Å². The molecule has 0 spiro atoms. The minimum atomic E-state index is -3.67. The molecule has 0 bridgehead atoms. The van der Waals surface area contributed by atoms with Gasteiger partial charge in [0.05, 0.1) is 11.5 Å². The van der Waals surface area contributed by atoms with E-state index in [2.05, 4.69) is 0 Å². The van der Waals surface area contributed by atoms with E-state index in [-0.39, 0.29) is 18.0 Å². The van der Waals surface area contributed by atoms with E-state index in [4.69, 9.17) is 5.11 Å². The van der Waals surface area contributed by atoms with Gasteiger partial charge in [-0.15, -0.1) is 0 Å². The van der Waals surface area contributed by atoms with E-state index in [1.165, 1.54) is 16.4 Å². The first-order valence-corrected chi connectivity index (χ1v) is 7.24. The van der Waals surface area contributed by atoms with Crippen molar-refractivity contribution in [3.8, 4) is 0 Å². The molecule has 0 fully saturated rings. The van der Waals surface area contributed by atoms with Crippen molar-refractivity contribution in [2.75, 3.05) is 19.7 Å². The number of aliphatic hydroxyl groups excluding tert-OH is 1. The summed E-state index contributed by atoms with van der Waals surface area (Å²) in [6, 6.07) is 3.58. The van der Waals surface area contributed by atoms with Gasteiger partial charge >= 0.3 is 0 Å². The summed E-state index contributed by atoms with van der Waals surface area (Å²) in [5, 5.41) is 8.92. The molecule has 0 radical (unpaired) electrons. The van der Waals surface area contributed by atoms with Crippen LogP contribution in [0.1, 0.15) is 18.9 Å². The van der Waals surface area contributed by atoms with Crippen LogP contribution >= 0.6 is 0 Å². The van der Waals surface area contributed by atoms with Crippen molar-refractivity contribution >= 4 is 10.0 Å². The van der Waals surface area contributed by atoms with Crippen molar-refractivity contribution in [2.24, 2.45) is 0 Å². The second-order valence-electron chi connectivity index (χ2n) is 4.04. The van der Waals surface area contributed by atoms with Gasteiger partial charge in [0.1, 0.15) is 5.82 Å². The van der Waals surface area contributed by atoms with Crippen molar-refractivity contribution in [2.45, 2.75) is 25.2 Å². The van der Waals surface area contributed by atoms with Crippen LogP contribution in [0, 0.1) is 12.7 Å². The van der Waals surface area contributed by atoms with Gasteiger partial charge < -0.3 is 5.11 Å². The van der Waals surface area contributed by atoms with Gasteiger partial charge in [0.15, 0.2) is 0 Å². The molecule has 0 aliphatic heterocycles. The monoisotopic (exact) mass is 275 g/mol. The Morgan fingerprint density at radius 2 is 2.00 bits per heavy atom. The third-order valence-corrected chi connectivity index (χ3v) is 4.64. The molecule has 1 rings (SSSR count). The number of benzene rings is 1. The topological polar surface area (TPSA) is 57.6 Å². The SMILES string of the molecule is CCCN(CCO)S(=O)(=O)c1ccc(F)cc1C. The molecule has 0 amide bonds. The van der Waals surface area contributed by atoms with Crippen LogP contribution in [-0.4, -0.2) is 37.5 Å². The van der Waals surface area contributed by atoms with Gasteiger partial charge in [0, 0.05) is 13.1 Å². The summed E-state index contributed by atoms with van der Waals surface area (Å²) in [6.45, 7) is 3.56. The maximum absolute atomic E-state index is 13.0. The van der Waals surface area contributed by atoms with Crippen LogP contribution < -0.4 is 0 Å². The molecule has 0 heterocycles. The Bertz CT molecular complexity index is 496. The van der Waals surface area contributed by atoms with Gasteiger partial charge in [-0.05, 0) is 37.1 Å². The van der Waals surface area contributed by atoms with Gasteiger partial charge in [0.2, 0.25) is 10.0 Å². The highest BCUT2D eigenvalue weighted by Gasteiger charge is 2.24. The number of hydrogen-bond donors (Lipinski definition) is 1. The Kier molecular flexibility index (Phi) is 5.25. The van der Waals surface area contributed by atoms with Crippen molar-refractivity contribution in [1.82, 2.24) is 4.31 Å². The maximum atomic E-state index is 13.0. The highest BCUT2D eigenvalue weighted by Crippen LogP contribution is 2.20. The lowest BCUT2D eigenvalue weighted by Gasteiger charge is -2.21. The third-order valence-electron chi connectivity index (χ3n) is 2.58. The summed E-state index contributed by atoms with van der Waals surface area (Å²) >= 11 is 0. The Hall–Kier alpha value is -0.980. The Morgan fingerprint density at radius 1 is 1.33 bits per heavy atom. The molecule has 6 heteroatoms. The highest BCUT2D eigenvalue weighted by molar-refractivity contribution is 7.89. The Labute approximate surface area is 107 Å². The lowest BCUT2D eigenvalue weighted by atomic mass is 10.2. The minimum absolute atomic E-state index is 0.0486. The van der Waals surface area contributed by atoms with E-state index in [0.717, 1.165) is 6.07 Å². The molecule has 1 N–H and O–H groups in total. The fourth-order valence-electron chi connectivity index (χ4n) is 1.75. The predicted molar refractivity (Wildman–Crippen MR) is 67.3 cm³/mol.